The van der Waals surface area contributed by atoms with Crippen molar-refractivity contribution >= 4 is 11.6 Å². The van der Waals surface area contributed by atoms with Crippen LogP contribution in [0.25, 0.3) is 0 Å². The third kappa shape index (κ3) is 19.3. The Morgan fingerprint density at radius 2 is 0.920 bits per heavy atom. The first kappa shape index (κ1) is 24.1. The quantitative estimate of drug-likeness (QED) is 0.323. The monoisotopic (exact) mass is 362 g/mol. The van der Waals surface area contributed by atoms with E-state index in [1.807, 2.05) is 13.8 Å². The standard InChI is InChI=1S/C18H34O7/c1-16(2)18(20)5-7-22-9-11-24-13-15-25-14-12-23-10-8-21-6-4-17(3)19/h16H,4-15H2,1-3H3. The smallest absolute Gasteiger partial charge is 0.137 e. The number of ether oxygens (including phenoxy) is 5. The van der Waals surface area contributed by atoms with Gasteiger partial charge in [0, 0.05) is 18.8 Å². The van der Waals surface area contributed by atoms with Gasteiger partial charge in [-0.2, -0.15) is 0 Å². The molecule has 0 atom stereocenters. The van der Waals surface area contributed by atoms with E-state index in [1.54, 1.807) is 6.92 Å². The van der Waals surface area contributed by atoms with E-state index >= 15 is 0 Å². The van der Waals surface area contributed by atoms with Crippen LogP contribution < -0.4 is 0 Å². The zero-order chi connectivity index (χ0) is 18.8. The van der Waals surface area contributed by atoms with Gasteiger partial charge in [-0.15, -0.1) is 0 Å². The van der Waals surface area contributed by atoms with Crippen molar-refractivity contribution in [2.75, 3.05) is 66.1 Å². The minimum Gasteiger partial charge on any atom is -0.379 e. The van der Waals surface area contributed by atoms with Crippen molar-refractivity contribution < 1.29 is 33.3 Å². The lowest BCUT2D eigenvalue weighted by Crippen LogP contribution is -2.14. The normalized spacial score (nSPS) is 11.2. The van der Waals surface area contributed by atoms with Gasteiger partial charge in [0.15, 0.2) is 0 Å². The highest BCUT2D eigenvalue weighted by Gasteiger charge is 2.05. The number of carbonyl (C=O) groups is 2. The summed E-state index contributed by atoms with van der Waals surface area (Å²) in [6, 6.07) is 0. The van der Waals surface area contributed by atoms with Gasteiger partial charge in [0.25, 0.3) is 0 Å². The third-order valence-electron chi connectivity index (χ3n) is 3.22. The summed E-state index contributed by atoms with van der Waals surface area (Å²) in [5.74, 6) is 0.420. The van der Waals surface area contributed by atoms with Crippen molar-refractivity contribution in [2.24, 2.45) is 5.92 Å². The molecule has 0 aliphatic carbocycles. The third-order valence-corrected chi connectivity index (χ3v) is 3.22. The molecule has 0 N–H and O–H groups in total. The molecule has 0 aromatic heterocycles. The zero-order valence-corrected chi connectivity index (χ0v) is 15.9. The van der Waals surface area contributed by atoms with Crippen molar-refractivity contribution in [3.63, 3.8) is 0 Å². The maximum absolute atomic E-state index is 11.4. The highest BCUT2D eigenvalue weighted by Crippen LogP contribution is 1.98. The van der Waals surface area contributed by atoms with Gasteiger partial charge in [0.05, 0.1) is 66.1 Å². The second-order valence-electron chi connectivity index (χ2n) is 5.88. The van der Waals surface area contributed by atoms with Gasteiger partial charge in [-0.3, -0.25) is 9.59 Å². The van der Waals surface area contributed by atoms with Gasteiger partial charge in [-0.25, -0.2) is 0 Å². The molecule has 0 amide bonds. The van der Waals surface area contributed by atoms with Crippen LogP contribution in [-0.4, -0.2) is 77.6 Å². The van der Waals surface area contributed by atoms with Crippen molar-refractivity contribution in [2.45, 2.75) is 33.6 Å². The largest absolute Gasteiger partial charge is 0.379 e. The van der Waals surface area contributed by atoms with Crippen LogP contribution in [0.3, 0.4) is 0 Å². The van der Waals surface area contributed by atoms with Crippen LogP contribution in [0.15, 0.2) is 0 Å². The molecule has 7 heteroatoms. The summed E-state index contributed by atoms with van der Waals surface area (Å²) in [6.07, 6.45) is 0.909. The molecule has 0 radical (unpaired) electrons. The number of ketones is 2. The average Bonchev–Trinajstić information content (AvgIpc) is 2.57. The van der Waals surface area contributed by atoms with E-state index in [0.29, 0.717) is 78.9 Å². The molecule has 0 aromatic carbocycles. The Kier molecular flexibility index (Phi) is 17.3. The molecule has 0 spiro atoms. The van der Waals surface area contributed by atoms with E-state index < -0.39 is 0 Å². The highest BCUT2D eigenvalue weighted by atomic mass is 16.6. The lowest BCUT2D eigenvalue weighted by atomic mass is 10.1. The summed E-state index contributed by atoms with van der Waals surface area (Å²) in [7, 11) is 0. The van der Waals surface area contributed by atoms with E-state index in [1.165, 1.54) is 0 Å². The fourth-order valence-electron chi connectivity index (χ4n) is 1.66. The van der Waals surface area contributed by atoms with Crippen molar-refractivity contribution in [1.82, 2.24) is 0 Å². The van der Waals surface area contributed by atoms with Crippen LogP contribution in [0.2, 0.25) is 0 Å². The highest BCUT2D eigenvalue weighted by molar-refractivity contribution is 5.80. The summed E-state index contributed by atoms with van der Waals surface area (Å²) in [5.41, 5.74) is 0. The first-order chi connectivity index (χ1) is 12.0. The number of hydrogen-bond donors (Lipinski definition) is 0. The molecule has 0 bridgehead atoms. The minimum atomic E-state index is 0.0697. The summed E-state index contributed by atoms with van der Waals surface area (Å²) in [5, 5.41) is 0. The average molecular weight is 362 g/mol. The molecule has 0 saturated heterocycles. The Morgan fingerprint density at radius 1 is 0.600 bits per heavy atom. The number of hydrogen-bond acceptors (Lipinski definition) is 7. The van der Waals surface area contributed by atoms with Crippen LogP contribution in [0.1, 0.15) is 33.6 Å². The Labute approximate surface area is 151 Å². The first-order valence-corrected chi connectivity index (χ1v) is 8.95. The lowest BCUT2D eigenvalue weighted by Gasteiger charge is -2.08. The Bertz CT molecular complexity index is 331. The molecule has 0 aromatic rings. The van der Waals surface area contributed by atoms with Crippen LogP contribution in [0.4, 0.5) is 0 Å². The lowest BCUT2D eigenvalue weighted by molar-refractivity contribution is -0.123. The summed E-state index contributed by atoms with van der Waals surface area (Å²) in [4.78, 5) is 22.0. The van der Waals surface area contributed by atoms with Gasteiger partial charge < -0.3 is 23.7 Å². The molecular formula is C18H34O7. The SMILES string of the molecule is CC(=O)CCOCCOCCOCCOCCOCCC(=O)C(C)C. The number of Topliss-reactive ketones (excluding diaryl/α,β-unsaturated/α-hetero) is 2. The predicted molar refractivity (Wildman–Crippen MR) is 93.9 cm³/mol. The topological polar surface area (TPSA) is 80.3 Å². The van der Waals surface area contributed by atoms with Crippen molar-refractivity contribution in [3.05, 3.63) is 0 Å². The Morgan fingerprint density at radius 3 is 1.24 bits per heavy atom. The van der Waals surface area contributed by atoms with E-state index in [9.17, 15) is 9.59 Å². The second kappa shape index (κ2) is 17.9. The van der Waals surface area contributed by atoms with E-state index in [0.717, 1.165) is 0 Å². The molecular weight excluding hydrogens is 328 g/mol. The second-order valence-corrected chi connectivity index (χ2v) is 5.88. The maximum atomic E-state index is 11.4. The molecule has 0 unspecified atom stereocenters. The maximum Gasteiger partial charge on any atom is 0.137 e. The van der Waals surface area contributed by atoms with Gasteiger partial charge in [-0.05, 0) is 6.92 Å². The summed E-state index contributed by atoms with van der Waals surface area (Å²) < 4.78 is 26.6. The van der Waals surface area contributed by atoms with E-state index in [2.05, 4.69) is 0 Å². The molecule has 0 heterocycles. The summed E-state index contributed by atoms with van der Waals surface area (Å²) >= 11 is 0. The number of carbonyl (C=O) groups excluding carboxylic acids is 2. The zero-order valence-electron chi connectivity index (χ0n) is 15.9. The molecule has 148 valence electrons. The predicted octanol–water partition coefficient (Wildman–Crippen LogP) is 1.66. The summed E-state index contributed by atoms with van der Waals surface area (Å²) in [6.45, 7) is 10.2. The Balaban J connectivity index is 3.07. The van der Waals surface area contributed by atoms with Crippen molar-refractivity contribution in [3.8, 4) is 0 Å². The molecule has 0 fully saturated rings. The van der Waals surface area contributed by atoms with Crippen LogP contribution in [0, 0.1) is 5.92 Å². The fraction of sp³-hybridized carbons (Fsp3) is 0.889. The van der Waals surface area contributed by atoms with Crippen LogP contribution in [0.5, 0.6) is 0 Å². The van der Waals surface area contributed by atoms with Crippen LogP contribution in [-0.2, 0) is 33.3 Å². The van der Waals surface area contributed by atoms with Crippen LogP contribution >= 0.6 is 0 Å². The first-order valence-electron chi connectivity index (χ1n) is 8.95. The number of rotatable bonds is 19. The van der Waals surface area contributed by atoms with Gasteiger partial charge in [0.2, 0.25) is 0 Å². The molecule has 0 saturated carbocycles. The van der Waals surface area contributed by atoms with E-state index in [4.69, 9.17) is 23.7 Å². The van der Waals surface area contributed by atoms with Gasteiger partial charge in [-0.1, -0.05) is 13.8 Å². The Hall–Kier alpha value is -0.860. The molecule has 7 nitrogen and oxygen atoms in total. The minimum absolute atomic E-state index is 0.0697. The molecule has 25 heavy (non-hydrogen) atoms. The fourth-order valence-corrected chi connectivity index (χ4v) is 1.66. The van der Waals surface area contributed by atoms with Crippen molar-refractivity contribution in [1.29, 1.82) is 0 Å². The van der Waals surface area contributed by atoms with Gasteiger partial charge in [0.1, 0.15) is 11.6 Å². The molecule has 0 aliphatic rings. The molecule has 0 rings (SSSR count). The molecule has 0 aliphatic heterocycles. The van der Waals surface area contributed by atoms with E-state index in [-0.39, 0.29) is 17.5 Å². The van der Waals surface area contributed by atoms with Gasteiger partial charge >= 0.3 is 0 Å².